The zero-order chi connectivity index (χ0) is 28.4. The molecule has 1 atom stereocenters. The first-order chi connectivity index (χ1) is 19.3. The van der Waals surface area contributed by atoms with Crippen LogP contribution in [-0.2, 0) is 6.54 Å². The molecule has 2 amide bonds. The van der Waals surface area contributed by atoms with E-state index in [-0.39, 0.29) is 18.9 Å². The Kier molecular flexibility index (Phi) is 8.13. The summed E-state index contributed by atoms with van der Waals surface area (Å²) in [6, 6.07) is 9.23. The molecule has 11 heteroatoms. The molecule has 0 spiro atoms. The van der Waals surface area contributed by atoms with Crippen molar-refractivity contribution in [2.75, 3.05) is 44.2 Å². The number of aliphatic hydroxyl groups is 1. The highest BCUT2D eigenvalue weighted by molar-refractivity contribution is 6.26. The third-order valence-corrected chi connectivity index (χ3v) is 8.02. The van der Waals surface area contributed by atoms with Crippen LogP contribution in [0.1, 0.15) is 59.1 Å². The van der Waals surface area contributed by atoms with E-state index in [2.05, 4.69) is 21.7 Å². The monoisotopic (exact) mass is 548 g/mol. The van der Waals surface area contributed by atoms with Crippen LogP contribution in [0.5, 0.6) is 0 Å². The number of unbranched alkanes of at least 4 members (excludes halogenated alkanes) is 3. The number of hydrogen-bond donors (Lipinski definition) is 1. The van der Waals surface area contributed by atoms with Gasteiger partial charge in [0.15, 0.2) is 5.82 Å². The summed E-state index contributed by atoms with van der Waals surface area (Å²) in [6.45, 7) is 8.21. The van der Waals surface area contributed by atoms with Crippen molar-refractivity contribution in [1.82, 2.24) is 19.4 Å². The minimum Gasteiger partial charge on any atom is -0.387 e. The van der Waals surface area contributed by atoms with Gasteiger partial charge in [0.05, 0.1) is 6.54 Å². The smallest absolute Gasteiger partial charge is 0.342 e. The molecule has 0 saturated carbocycles. The number of hydrogen-bond acceptors (Lipinski definition) is 8. The lowest BCUT2D eigenvalue weighted by Gasteiger charge is -2.37. The summed E-state index contributed by atoms with van der Waals surface area (Å²) in [5, 5.41) is 23.6. The van der Waals surface area contributed by atoms with Gasteiger partial charge in [0, 0.05) is 60.7 Å². The lowest BCUT2D eigenvalue weighted by Crippen LogP contribution is -2.47. The SMILES string of the molecule is CCCCCCN1CCN(c2ccc3c4c(cccc24)C(=O)N(CC(O)Cn2c([N+](=O)[O-])cnc2C)C3=O)CC1. The fourth-order valence-electron chi connectivity index (χ4n) is 5.85. The number of nitrogens with zero attached hydrogens (tertiary/aromatic N) is 6. The van der Waals surface area contributed by atoms with Gasteiger partial charge < -0.3 is 20.1 Å². The number of aromatic nitrogens is 2. The normalized spacial score (nSPS) is 16.7. The molecular weight excluding hydrogens is 512 g/mol. The van der Waals surface area contributed by atoms with Gasteiger partial charge in [-0.05, 0) is 36.1 Å². The molecule has 212 valence electrons. The van der Waals surface area contributed by atoms with Crippen LogP contribution in [0.4, 0.5) is 11.5 Å². The summed E-state index contributed by atoms with van der Waals surface area (Å²) < 4.78 is 1.27. The maximum atomic E-state index is 13.5. The molecule has 40 heavy (non-hydrogen) atoms. The number of anilines is 1. The van der Waals surface area contributed by atoms with Crippen molar-refractivity contribution < 1.29 is 19.6 Å². The van der Waals surface area contributed by atoms with Gasteiger partial charge in [0.2, 0.25) is 0 Å². The van der Waals surface area contributed by atoms with E-state index in [0.717, 1.165) is 54.9 Å². The average molecular weight is 549 g/mol. The zero-order valence-corrected chi connectivity index (χ0v) is 23.1. The molecule has 5 rings (SSSR count). The van der Waals surface area contributed by atoms with Gasteiger partial charge in [-0.25, -0.2) is 9.55 Å². The Balaban J connectivity index is 1.33. The summed E-state index contributed by atoms with van der Waals surface area (Å²) >= 11 is 0. The van der Waals surface area contributed by atoms with E-state index >= 15 is 0 Å². The van der Waals surface area contributed by atoms with Crippen molar-refractivity contribution in [3.8, 4) is 0 Å². The number of amides is 2. The number of imidazole rings is 1. The van der Waals surface area contributed by atoms with Crippen LogP contribution < -0.4 is 4.90 Å². The van der Waals surface area contributed by atoms with Crippen molar-refractivity contribution in [2.45, 2.75) is 52.2 Å². The second-order valence-corrected chi connectivity index (χ2v) is 10.7. The molecule has 3 heterocycles. The average Bonchev–Trinajstić information content (AvgIpc) is 3.32. The molecule has 1 N–H and O–H groups in total. The van der Waals surface area contributed by atoms with E-state index < -0.39 is 22.8 Å². The maximum Gasteiger partial charge on any atom is 0.342 e. The van der Waals surface area contributed by atoms with E-state index in [0.29, 0.717) is 22.3 Å². The van der Waals surface area contributed by atoms with Gasteiger partial charge >= 0.3 is 5.82 Å². The first kappa shape index (κ1) is 27.7. The van der Waals surface area contributed by atoms with Gasteiger partial charge in [-0.2, -0.15) is 0 Å². The van der Waals surface area contributed by atoms with E-state index in [9.17, 15) is 24.8 Å². The number of carbonyl (C=O) groups excluding carboxylic acids is 2. The van der Waals surface area contributed by atoms with Crippen LogP contribution in [0.3, 0.4) is 0 Å². The Morgan fingerprint density at radius 2 is 1.73 bits per heavy atom. The maximum absolute atomic E-state index is 13.5. The van der Waals surface area contributed by atoms with Crippen molar-refractivity contribution >= 4 is 34.1 Å². The Morgan fingerprint density at radius 3 is 2.42 bits per heavy atom. The van der Waals surface area contributed by atoms with E-state index in [1.807, 2.05) is 18.2 Å². The fourth-order valence-corrected chi connectivity index (χ4v) is 5.85. The Labute approximate surface area is 233 Å². The van der Waals surface area contributed by atoms with Crippen LogP contribution in [-0.4, -0.2) is 86.6 Å². The minimum absolute atomic E-state index is 0.167. The summed E-state index contributed by atoms with van der Waals surface area (Å²) in [4.78, 5) is 47.6. The van der Waals surface area contributed by atoms with Gasteiger partial charge in [-0.15, -0.1) is 0 Å². The summed E-state index contributed by atoms with van der Waals surface area (Å²) in [6.07, 6.45) is 4.92. The number of rotatable bonds is 11. The Morgan fingerprint density at radius 1 is 1.00 bits per heavy atom. The second kappa shape index (κ2) is 11.7. The van der Waals surface area contributed by atoms with E-state index in [4.69, 9.17) is 0 Å². The van der Waals surface area contributed by atoms with Crippen molar-refractivity contribution in [3.63, 3.8) is 0 Å². The van der Waals surface area contributed by atoms with Crippen LogP contribution in [0.15, 0.2) is 36.5 Å². The van der Waals surface area contributed by atoms with Crippen LogP contribution >= 0.6 is 0 Å². The van der Waals surface area contributed by atoms with Crippen molar-refractivity contribution in [2.24, 2.45) is 0 Å². The Hall–Kier alpha value is -3.83. The van der Waals surface area contributed by atoms with Crippen molar-refractivity contribution in [3.05, 3.63) is 63.6 Å². The molecule has 11 nitrogen and oxygen atoms in total. The van der Waals surface area contributed by atoms with Gasteiger partial charge in [0.25, 0.3) is 11.8 Å². The largest absolute Gasteiger partial charge is 0.387 e. The number of piperazine rings is 1. The molecule has 1 fully saturated rings. The van der Waals surface area contributed by atoms with E-state index in [1.165, 1.54) is 30.3 Å². The van der Waals surface area contributed by atoms with Gasteiger partial charge in [0.1, 0.15) is 18.8 Å². The van der Waals surface area contributed by atoms with E-state index in [1.54, 1.807) is 19.1 Å². The zero-order valence-electron chi connectivity index (χ0n) is 23.1. The highest BCUT2D eigenvalue weighted by Gasteiger charge is 2.36. The molecule has 2 aliphatic rings. The lowest BCUT2D eigenvalue weighted by atomic mass is 9.92. The first-order valence-electron chi connectivity index (χ1n) is 14.0. The molecule has 2 aliphatic heterocycles. The predicted octanol–water partition coefficient (Wildman–Crippen LogP) is 3.61. The van der Waals surface area contributed by atoms with Crippen LogP contribution in [0, 0.1) is 17.0 Å². The lowest BCUT2D eigenvalue weighted by molar-refractivity contribution is -0.392. The summed E-state index contributed by atoms with van der Waals surface area (Å²) in [5.41, 5.74) is 1.85. The molecule has 1 aromatic heterocycles. The molecule has 1 unspecified atom stereocenters. The second-order valence-electron chi connectivity index (χ2n) is 10.7. The van der Waals surface area contributed by atoms with Crippen LogP contribution in [0.25, 0.3) is 10.8 Å². The number of imide groups is 1. The number of β-amino-alcohol motifs (C(OH)–C–C–N with tert-alkyl or cyclic N) is 1. The molecule has 0 bridgehead atoms. The molecule has 0 radical (unpaired) electrons. The number of carbonyl (C=O) groups is 2. The number of benzene rings is 2. The van der Waals surface area contributed by atoms with Gasteiger partial charge in [-0.1, -0.05) is 38.3 Å². The summed E-state index contributed by atoms with van der Waals surface area (Å²) in [7, 11) is 0. The molecule has 3 aromatic rings. The number of nitro groups is 1. The topological polar surface area (TPSA) is 125 Å². The predicted molar refractivity (Wildman–Crippen MR) is 152 cm³/mol. The standard InChI is InChI=1S/C29H36N6O5/c1-3-4-5-6-12-31-13-15-32(16-14-31)25-11-10-24-27-22(25)8-7-9-23(27)28(37)34(29(24)38)19-21(36)18-33-20(2)30-17-26(33)35(39)40/h7-11,17,21,36H,3-6,12-16,18-19H2,1-2H3. The van der Waals surface area contributed by atoms with Gasteiger partial charge in [-0.3, -0.25) is 19.4 Å². The first-order valence-corrected chi connectivity index (χ1v) is 14.0. The molecule has 2 aromatic carbocycles. The van der Waals surface area contributed by atoms with Crippen LogP contribution in [0.2, 0.25) is 0 Å². The Bertz CT molecular complexity index is 1410. The van der Waals surface area contributed by atoms with Crippen molar-refractivity contribution in [1.29, 1.82) is 0 Å². The third-order valence-electron chi connectivity index (χ3n) is 8.02. The number of aliphatic hydroxyl groups excluding tert-OH is 1. The minimum atomic E-state index is -1.21. The quantitative estimate of drug-likeness (QED) is 0.167. The number of aryl methyl sites for hydroxylation is 1. The highest BCUT2D eigenvalue weighted by Crippen LogP contribution is 2.36. The highest BCUT2D eigenvalue weighted by atomic mass is 16.6. The third kappa shape index (κ3) is 5.31. The summed E-state index contributed by atoms with van der Waals surface area (Å²) in [5.74, 6) is -0.851. The molecule has 1 saturated heterocycles. The molecular formula is C29H36N6O5. The molecule has 0 aliphatic carbocycles. The fraction of sp³-hybridized carbons (Fsp3) is 0.483.